The predicted octanol–water partition coefficient (Wildman–Crippen LogP) is 2.22. The summed E-state index contributed by atoms with van der Waals surface area (Å²) in [7, 11) is 0. The maximum atomic E-state index is 10.6. The minimum atomic E-state index is -0.514. The van der Waals surface area contributed by atoms with Crippen LogP contribution in [0.5, 0.6) is 0 Å². The summed E-state index contributed by atoms with van der Waals surface area (Å²) in [5.41, 5.74) is 2.24. The number of benzene rings is 1. The Morgan fingerprint density at radius 3 is 2.84 bits per heavy atom. The topological polar surface area (TPSA) is 93.4 Å². The Morgan fingerprint density at radius 2 is 2.12 bits per heavy atom. The third-order valence-electron chi connectivity index (χ3n) is 4.02. The van der Waals surface area contributed by atoms with E-state index in [9.17, 15) is 10.1 Å². The Bertz CT molecular complexity index is 722. The van der Waals surface area contributed by atoms with E-state index in [4.69, 9.17) is 4.74 Å². The van der Waals surface area contributed by atoms with Crippen LogP contribution in [0.2, 0.25) is 0 Å². The highest BCUT2D eigenvalue weighted by molar-refractivity contribution is 5.33. The molecule has 2 heterocycles. The van der Waals surface area contributed by atoms with E-state index in [1.807, 2.05) is 12.1 Å². The van der Waals surface area contributed by atoms with Crippen molar-refractivity contribution >= 4 is 11.6 Å². The Balaban J connectivity index is 1.57. The molecule has 132 valence electrons. The van der Waals surface area contributed by atoms with Crippen LogP contribution in [0, 0.1) is 10.1 Å². The molecule has 1 aliphatic rings. The van der Waals surface area contributed by atoms with Crippen LogP contribution in [-0.2, 0) is 17.8 Å². The second kappa shape index (κ2) is 8.00. The van der Waals surface area contributed by atoms with Crippen molar-refractivity contribution < 1.29 is 9.66 Å². The molecule has 1 aromatic carbocycles. The number of nitrogens with one attached hydrogen (secondary N) is 1. The molecular weight excluding hydrogens is 322 g/mol. The highest BCUT2D eigenvalue weighted by atomic mass is 16.6. The van der Waals surface area contributed by atoms with Gasteiger partial charge in [-0.15, -0.1) is 0 Å². The number of nitrogens with zero attached hydrogens (tertiary/aromatic N) is 4. The number of hydrogen-bond donors (Lipinski definition) is 1. The number of hydrogen-bond acceptors (Lipinski definition) is 7. The normalized spacial score (nSPS) is 18.0. The van der Waals surface area contributed by atoms with Gasteiger partial charge in [-0.2, -0.15) is 0 Å². The Hall–Kier alpha value is -2.58. The molecule has 0 aliphatic carbocycles. The zero-order chi connectivity index (χ0) is 17.6. The lowest BCUT2D eigenvalue weighted by Gasteiger charge is -2.31. The molecule has 8 nitrogen and oxygen atoms in total. The quantitative estimate of drug-likeness (QED) is 0.635. The van der Waals surface area contributed by atoms with Gasteiger partial charge in [0.2, 0.25) is 5.95 Å². The van der Waals surface area contributed by atoms with Gasteiger partial charge in [-0.1, -0.05) is 24.3 Å². The fourth-order valence-electron chi connectivity index (χ4n) is 2.82. The molecule has 8 heteroatoms. The zero-order valence-electron chi connectivity index (χ0n) is 14.1. The molecule has 1 fully saturated rings. The van der Waals surface area contributed by atoms with Crippen LogP contribution in [0.15, 0.2) is 36.7 Å². The number of anilines is 1. The van der Waals surface area contributed by atoms with Crippen molar-refractivity contribution in [1.29, 1.82) is 0 Å². The maximum absolute atomic E-state index is 10.6. The number of ether oxygens (including phenoxy) is 1. The number of aromatic nitrogens is 2. The molecule has 1 N–H and O–H groups in total. The van der Waals surface area contributed by atoms with Crippen LogP contribution in [0.4, 0.5) is 11.6 Å². The van der Waals surface area contributed by atoms with Gasteiger partial charge in [-0.25, -0.2) is 9.97 Å². The highest BCUT2D eigenvalue weighted by Crippen LogP contribution is 2.13. The SMILES string of the molecule is CC1CN(Cc2cccc(CNc3ncc([N+](=O)[O-])cn3)c2)CCO1. The minimum Gasteiger partial charge on any atom is -0.376 e. The van der Waals surface area contributed by atoms with Crippen molar-refractivity contribution in [2.45, 2.75) is 26.1 Å². The zero-order valence-corrected chi connectivity index (χ0v) is 14.1. The van der Waals surface area contributed by atoms with Gasteiger partial charge in [-0.05, 0) is 18.1 Å². The van der Waals surface area contributed by atoms with E-state index in [2.05, 4.69) is 39.2 Å². The van der Waals surface area contributed by atoms with Gasteiger partial charge in [0.25, 0.3) is 0 Å². The Kier molecular flexibility index (Phi) is 5.52. The van der Waals surface area contributed by atoms with Gasteiger partial charge >= 0.3 is 5.69 Å². The molecule has 1 aliphatic heterocycles. The van der Waals surface area contributed by atoms with Crippen molar-refractivity contribution in [3.05, 3.63) is 57.9 Å². The summed E-state index contributed by atoms with van der Waals surface area (Å²) in [6.45, 7) is 6.22. The lowest BCUT2D eigenvalue weighted by molar-refractivity contribution is -0.385. The molecule has 0 amide bonds. The van der Waals surface area contributed by atoms with E-state index in [0.29, 0.717) is 12.5 Å². The smallest absolute Gasteiger partial charge is 0.305 e. The highest BCUT2D eigenvalue weighted by Gasteiger charge is 2.16. The van der Waals surface area contributed by atoms with E-state index in [1.165, 1.54) is 18.0 Å². The van der Waals surface area contributed by atoms with Crippen molar-refractivity contribution in [2.24, 2.45) is 0 Å². The Morgan fingerprint density at radius 1 is 1.36 bits per heavy atom. The van der Waals surface area contributed by atoms with Crippen molar-refractivity contribution in [1.82, 2.24) is 14.9 Å². The molecule has 2 aromatic rings. The average molecular weight is 343 g/mol. The van der Waals surface area contributed by atoms with Gasteiger partial charge in [0.05, 0.1) is 17.6 Å². The fraction of sp³-hybridized carbons (Fsp3) is 0.412. The standard InChI is InChI=1S/C17H21N5O3/c1-13-11-21(5-6-25-13)12-15-4-2-3-14(7-15)8-18-17-19-9-16(10-20-17)22(23)24/h2-4,7,9-10,13H,5-6,8,11-12H2,1H3,(H,18,19,20). The summed E-state index contributed by atoms with van der Waals surface area (Å²) in [6.07, 6.45) is 2.68. The molecule has 1 saturated heterocycles. The average Bonchev–Trinajstić information content (AvgIpc) is 2.61. The third-order valence-corrected chi connectivity index (χ3v) is 4.02. The van der Waals surface area contributed by atoms with Crippen LogP contribution in [-0.4, -0.2) is 45.6 Å². The second-order valence-electron chi connectivity index (χ2n) is 6.11. The third kappa shape index (κ3) is 4.94. The van der Waals surface area contributed by atoms with Crippen LogP contribution in [0.25, 0.3) is 0 Å². The lowest BCUT2D eigenvalue weighted by Crippen LogP contribution is -2.40. The van der Waals surface area contributed by atoms with Gasteiger partial charge < -0.3 is 10.1 Å². The van der Waals surface area contributed by atoms with Crippen molar-refractivity contribution in [3.63, 3.8) is 0 Å². The predicted molar refractivity (Wildman–Crippen MR) is 93.1 cm³/mol. The minimum absolute atomic E-state index is 0.118. The van der Waals surface area contributed by atoms with Crippen LogP contribution in [0.1, 0.15) is 18.1 Å². The lowest BCUT2D eigenvalue weighted by atomic mass is 10.1. The summed E-state index contributed by atoms with van der Waals surface area (Å²) >= 11 is 0. The maximum Gasteiger partial charge on any atom is 0.305 e. The number of nitro groups is 1. The van der Waals surface area contributed by atoms with Crippen molar-refractivity contribution in [2.75, 3.05) is 25.0 Å². The molecule has 1 atom stereocenters. The molecule has 25 heavy (non-hydrogen) atoms. The first kappa shape index (κ1) is 17.2. The second-order valence-corrected chi connectivity index (χ2v) is 6.11. The summed E-state index contributed by atoms with van der Waals surface area (Å²) in [4.78, 5) is 20.4. The van der Waals surface area contributed by atoms with E-state index in [-0.39, 0.29) is 11.8 Å². The molecule has 0 saturated carbocycles. The van der Waals surface area contributed by atoms with Crippen molar-refractivity contribution in [3.8, 4) is 0 Å². The van der Waals surface area contributed by atoms with Gasteiger partial charge in [-0.3, -0.25) is 15.0 Å². The first-order valence-corrected chi connectivity index (χ1v) is 8.22. The summed E-state index contributed by atoms with van der Waals surface area (Å²) in [6, 6.07) is 8.33. The van der Waals surface area contributed by atoms with E-state index < -0.39 is 4.92 Å². The molecule has 3 rings (SSSR count). The fourth-order valence-corrected chi connectivity index (χ4v) is 2.82. The first-order chi connectivity index (χ1) is 12.1. The summed E-state index contributed by atoms with van der Waals surface area (Å²) < 4.78 is 5.57. The number of morpholine rings is 1. The Labute approximate surface area is 146 Å². The molecule has 0 spiro atoms. The van der Waals surface area contributed by atoms with Crippen LogP contribution < -0.4 is 5.32 Å². The molecular formula is C17H21N5O3. The molecule has 0 bridgehead atoms. The number of rotatable bonds is 6. The van der Waals surface area contributed by atoms with Gasteiger partial charge in [0.15, 0.2) is 0 Å². The molecule has 1 unspecified atom stereocenters. The monoisotopic (exact) mass is 343 g/mol. The van der Waals surface area contributed by atoms with Gasteiger partial charge in [0, 0.05) is 26.2 Å². The first-order valence-electron chi connectivity index (χ1n) is 8.22. The molecule has 1 aromatic heterocycles. The van der Waals surface area contributed by atoms with Crippen LogP contribution >= 0.6 is 0 Å². The largest absolute Gasteiger partial charge is 0.376 e. The van der Waals surface area contributed by atoms with E-state index in [0.717, 1.165) is 31.8 Å². The van der Waals surface area contributed by atoms with E-state index >= 15 is 0 Å². The summed E-state index contributed by atoms with van der Waals surface area (Å²) in [5, 5.41) is 13.7. The van der Waals surface area contributed by atoms with Crippen LogP contribution in [0.3, 0.4) is 0 Å². The van der Waals surface area contributed by atoms with Gasteiger partial charge in [0.1, 0.15) is 12.4 Å². The molecule has 0 radical (unpaired) electrons. The van der Waals surface area contributed by atoms with E-state index in [1.54, 1.807) is 0 Å². The summed E-state index contributed by atoms with van der Waals surface area (Å²) in [5.74, 6) is 0.373.